The van der Waals surface area contributed by atoms with E-state index in [9.17, 15) is 14.0 Å². The summed E-state index contributed by atoms with van der Waals surface area (Å²) in [5.41, 5.74) is 3.31. The molecule has 190 valence electrons. The summed E-state index contributed by atoms with van der Waals surface area (Å²) >= 11 is 1.35. The van der Waals surface area contributed by atoms with E-state index in [2.05, 4.69) is 30.5 Å². The summed E-state index contributed by atoms with van der Waals surface area (Å²) < 4.78 is 15.3. The molecule has 0 bridgehead atoms. The van der Waals surface area contributed by atoms with Gasteiger partial charge in [-0.25, -0.2) is 19.7 Å². The van der Waals surface area contributed by atoms with Crippen LogP contribution in [0.3, 0.4) is 0 Å². The Balaban J connectivity index is 1.29. The highest BCUT2D eigenvalue weighted by molar-refractivity contribution is 7.14. The van der Waals surface area contributed by atoms with Crippen LogP contribution in [-0.4, -0.2) is 43.2 Å². The SMILES string of the molecule is Cc1cc(C(=O)Nc2nc(C3CCCN3c3ccc(NC(=O)O)cn3)cs2)n(Cc2ccnc(F)c2)c1. The van der Waals surface area contributed by atoms with E-state index >= 15 is 0 Å². The van der Waals surface area contributed by atoms with Gasteiger partial charge in [0.25, 0.3) is 5.91 Å². The van der Waals surface area contributed by atoms with Crippen LogP contribution in [0.15, 0.2) is 54.3 Å². The van der Waals surface area contributed by atoms with Crippen molar-refractivity contribution in [2.45, 2.75) is 32.4 Å². The predicted octanol–water partition coefficient (Wildman–Crippen LogP) is 4.91. The Morgan fingerprint density at radius 2 is 2.08 bits per heavy atom. The molecule has 1 saturated heterocycles. The van der Waals surface area contributed by atoms with Crippen molar-refractivity contribution in [3.8, 4) is 0 Å². The van der Waals surface area contributed by atoms with E-state index in [0.29, 0.717) is 28.6 Å². The zero-order valence-corrected chi connectivity index (χ0v) is 20.7. The minimum atomic E-state index is -1.14. The molecule has 1 unspecified atom stereocenters. The van der Waals surface area contributed by atoms with Crippen molar-refractivity contribution in [1.82, 2.24) is 19.5 Å². The number of amides is 2. The molecule has 1 aliphatic heterocycles. The molecule has 5 heterocycles. The van der Waals surface area contributed by atoms with E-state index in [1.165, 1.54) is 29.8 Å². The van der Waals surface area contributed by atoms with Gasteiger partial charge in [-0.1, -0.05) is 0 Å². The Kier molecular flexibility index (Phi) is 6.82. The number of aryl methyl sites for hydroxylation is 1. The van der Waals surface area contributed by atoms with Crippen LogP contribution in [0.4, 0.5) is 25.8 Å². The highest BCUT2D eigenvalue weighted by Gasteiger charge is 2.29. The number of aromatic nitrogens is 4. The van der Waals surface area contributed by atoms with Crippen LogP contribution in [0.1, 0.15) is 46.2 Å². The number of rotatable bonds is 7. The topological polar surface area (TPSA) is 125 Å². The van der Waals surface area contributed by atoms with Crippen molar-refractivity contribution in [3.63, 3.8) is 0 Å². The lowest BCUT2D eigenvalue weighted by Gasteiger charge is -2.24. The van der Waals surface area contributed by atoms with Gasteiger partial charge < -0.3 is 14.6 Å². The molecule has 1 aliphatic rings. The summed E-state index contributed by atoms with van der Waals surface area (Å²) in [7, 11) is 0. The summed E-state index contributed by atoms with van der Waals surface area (Å²) in [5.74, 6) is -0.125. The standard InChI is InChI=1S/C25H24FN7O3S/c1-15-9-20(32(12-15)13-16-6-7-27-21(26)10-16)23(34)31-24-30-18(14-37-24)19-3-2-8-33(19)22-5-4-17(11-28-22)29-25(35)36/h4-7,9-12,14,19,29H,2-3,8,13H2,1H3,(H,35,36)(H,30,31,34). The lowest BCUT2D eigenvalue weighted by Crippen LogP contribution is -2.24. The first-order valence-corrected chi connectivity index (χ1v) is 12.5. The molecular formula is C25H24FN7O3S. The van der Waals surface area contributed by atoms with Gasteiger partial charge in [0.05, 0.1) is 23.6 Å². The molecule has 1 atom stereocenters. The minimum Gasteiger partial charge on any atom is -0.465 e. The van der Waals surface area contributed by atoms with Gasteiger partial charge in [-0.05, 0) is 61.2 Å². The van der Waals surface area contributed by atoms with E-state index in [1.54, 1.807) is 28.8 Å². The van der Waals surface area contributed by atoms with Gasteiger partial charge in [0.2, 0.25) is 5.95 Å². The number of anilines is 3. The fourth-order valence-corrected chi connectivity index (χ4v) is 5.23. The van der Waals surface area contributed by atoms with Crippen LogP contribution >= 0.6 is 11.3 Å². The number of pyridine rings is 2. The number of carbonyl (C=O) groups is 2. The Labute approximate surface area is 215 Å². The summed E-state index contributed by atoms with van der Waals surface area (Å²) in [6.07, 6.45) is 5.45. The van der Waals surface area contributed by atoms with Crippen LogP contribution < -0.4 is 15.5 Å². The highest BCUT2D eigenvalue weighted by atomic mass is 32.1. The monoisotopic (exact) mass is 521 g/mol. The summed E-state index contributed by atoms with van der Waals surface area (Å²) in [5, 5.41) is 16.5. The van der Waals surface area contributed by atoms with Crippen LogP contribution in [0.2, 0.25) is 0 Å². The number of hydrogen-bond donors (Lipinski definition) is 3. The quantitative estimate of drug-likeness (QED) is 0.295. The maximum absolute atomic E-state index is 13.5. The first-order chi connectivity index (χ1) is 17.9. The first-order valence-electron chi connectivity index (χ1n) is 11.6. The lowest BCUT2D eigenvalue weighted by atomic mass is 10.1. The maximum atomic E-state index is 13.5. The van der Waals surface area contributed by atoms with Gasteiger partial charge in [0.15, 0.2) is 5.13 Å². The predicted molar refractivity (Wildman–Crippen MR) is 138 cm³/mol. The summed E-state index contributed by atoms with van der Waals surface area (Å²) in [4.78, 5) is 38.7. The molecule has 10 nitrogen and oxygen atoms in total. The molecule has 2 amide bonds. The van der Waals surface area contributed by atoms with Crippen molar-refractivity contribution >= 4 is 40.0 Å². The lowest BCUT2D eigenvalue weighted by molar-refractivity contribution is 0.101. The number of nitrogens with one attached hydrogen (secondary N) is 2. The van der Waals surface area contributed by atoms with Crippen molar-refractivity contribution in [2.75, 3.05) is 22.1 Å². The molecule has 3 N–H and O–H groups in total. The van der Waals surface area contributed by atoms with Crippen molar-refractivity contribution in [3.05, 3.63) is 82.8 Å². The van der Waals surface area contributed by atoms with Gasteiger partial charge >= 0.3 is 6.09 Å². The summed E-state index contributed by atoms with van der Waals surface area (Å²) in [6, 6.07) is 8.31. The fourth-order valence-electron chi connectivity index (χ4n) is 4.48. The Hall–Kier alpha value is -4.32. The van der Waals surface area contributed by atoms with Crippen molar-refractivity contribution in [1.29, 1.82) is 0 Å². The van der Waals surface area contributed by atoms with Gasteiger partial charge in [-0.2, -0.15) is 4.39 Å². The molecule has 0 aromatic carbocycles. The smallest absolute Gasteiger partial charge is 0.409 e. The normalized spacial score (nSPS) is 15.1. The second-order valence-corrected chi connectivity index (χ2v) is 9.59. The molecule has 37 heavy (non-hydrogen) atoms. The third kappa shape index (κ3) is 5.59. The third-order valence-corrected chi connectivity index (χ3v) is 6.82. The molecular weight excluding hydrogens is 497 g/mol. The van der Waals surface area contributed by atoms with E-state index in [1.807, 2.05) is 18.5 Å². The van der Waals surface area contributed by atoms with Gasteiger partial charge in [-0.3, -0.25) is 15.4 Å². The van der Waals surface area contributed by atoms with E-state index in [4.69, 9.17) is 5.11 Å². The van der Waals surface area contributed by atoms with Gasteiger partial charge in [0, 0.05) is 30.9 Å². The Bertz CT molecular complexity index is 1440. The highest BCUT2D eigenvalue weighted by Crippen LogP contribution is 2.36. The van der Waals surface area contributed by atoms with E-state index < -0.39 is 12.0 Å². The van der Waals surface area contributed by atoms with Crippen molar-refractivity contribution in [2.24, 2.45) is 0 Å². The van der Waals surface area contributed by atoms with Gasteiger partial charge in [-0.15, -0.1) is 11.3 Å². The minimum absolute atomic E-state index is 0.000349. The molecule has 0 radical (unpaired) electrons. The van der Waals surface area contributed by atoms with Crippen LogP contribution in [0.25, 0.3) is 0 Å². The number of carboxylic acid groups (broad SMARTS) is 1. The molecule has 5 rings (SSSR count). The molecule has 12 heteroatoms. The van der Waals surface area contributed by atoms with Crippen LogP contribution in [-0.2, 0) is 6.54 Å². The molecule has 0 aliphatic carbocycles. The second-order valence-electron chi connectivity index (χ2n) is 8.74. The Morgan fingerprint density at radius 1 is 1.22 bits per heavy atom. The average molecular weight is 522 g/mol. The molecule has 0 saturated carbocycles. The average Bonchev–Trinajstić information content (AvgIpc) is 3.59. The third-order valence-electron chi connectivity index (χ3n) is 6.04. The summed E-state index contributed by atoms with van der Waals surface area (Å²) in [6.45, 7) is 3.03. The molecule has 4 aromatic heterocycles. The molecule has 4 aromatic rings. The number of thiazole rings is 1. The number of hydrogen-bond acceptors (Lipinski definition) is 7. The van der Waals surface area contributed by atoms with Crippen LogP contribution in [0.5, 0.6) is 0 Å². The van der Waals surface area contributed by atoms with Gasteiger partial charge in [0.1, 0.15) is 11.5 Å². The molecule has 0 spiro atoms. The van der Waals surface area contributed by atoms with Crippen LogP contribution in [0, 0.1) is 12.9 Å². The largest absolute Gasteiger partial charge is 0.465 e. The zero-order chi connectivity index (χ0) is 25.9. The van der Waals surface area contributed by atoms with E-state index in [0.717, 1.165) is 36.5 Å². The van der Waals surface area contributed by atoms with Crippen molar-refractivity contribution < 1.29 is 19.1 Å². The second kappa shape index (κ2) is 10.3. The number of nitrogens with zero attached hydrogens (tertiary/aromatic N) is 5. The first kappa shape index (κ1) is 24.4. The maximum Gasteiger partial charge on any atom is 0.409 e. The zero-order valence-electron chi connectivity index (χ0n) is 19.9. The fraction of sp³-hybridized carbons (Fsp3) is 0.240. The van der Waals surface area contributed by atoms with E-state index in [-0.39, 0.29) is 11.9 Å². The number of halogens is 1. The number of carbonyl (C=O) groups excluding carboxylic acids is 1. The Morgan fingerprint density at radius 3 is 2.84 bits per heavy atom. The molecule has 1 fully saturated rings.